The smallest absolute Gasteiger partial charge is 0.326 e. The molecule has 0 bridgehead atoms. The molecule has 0 saturated carbocycles. The van der Waals surface area contributed by atoms with E-state index in [0.717, 1.165) is 11.7 Å². The molecule has 0 radical (unpaired) electrons. The topological polar surface area (TPSA) is 75.1 Å². The van der Waals surface area contributed by atoms with Gasteiger partial charge in [0.15, 0.2) is 0 Å². The van der Waals surface area contributed by atoms with E-state index in [9.17, 15) is 4.79 Å². The van der Waals surface area contributed by atoms with Gasteiger partial charge < -0.3 is 10.4 Å². The van der Waals surface area contributed by atoms with Gasteiger partial charge in [-0.05, 0) is 18.6 Å². The quantitative estimate of drug-likeness (QED) is 0.894. The minimum atomic E-state index is -0.913. The van der Waals surface area contributed by atoms with E-state index in [0.29, 0.717) is 28.2 Å². The number of aliphatic carboxylic acids is 1. The van der Waals surface area contributed by atoms with Gasteiger partial charge in [0.25, 0.3) is 0 Å². The van der Waals surface area contributed by atoms with Gasteiger partial charge in [0.05, 0.1) is 22.4 Å². The molecule has 1 unspecified atom stereocenters. The normalized spacial score (nSPS) is 12.6. The molecule has 2 N–H and O–H groups in total. The highest BCUT2D eigenvalue weighted by Gasteiger charge is 2.18. The third-order valence-corrected chi connectivity index (χ3v) is 3.26. The first kappa shape index (κ1) is 12.1. The van der Waals surface area contributed by atoms with Crippen LogP contribution in [0.25, 0.3) is 11.0 Å². The summed E-state index contributed by atoms with van der Waals surface area (Å²) in [5.41, 5.74) is 1.86. The summed E-state index contributed by atoms with van der Waals surface area (Å²) in [7, 11) is 0. The molecule has 0 aliphatic carbocycles. The van der Waals surface area contributed by atoms with Crippen molar-refractivity contribution in [1.82, 2.24) is 8.75 Å². The fraction of sp³-hybridized carbons (Fsp3) is 0.300. The number of nitrogens with zero attached hydrogens (tertiary/aromatic N) is 2. The predicted octanol–water partition coefficient (Wildman–Crippen LogP) is 2.62. The summed E-state index contributed by atoms with van der Waals surface area (Å²) < 4.78 is 8.20. The highest BCUT2D eigenvalue weighted by molar-refractivity contribution is 7.00. The molecule has 0 fully saturated rings. The zero-order chi connectivity index (χ0) is 12.4. The van der Waals surface area contributed by atoms with Crippen molar-refractivity contribution in [2.24, 2.45) is 0 Å². The van der Waals surface area contributed by atoms with E-state index in [1.54, 1.807) is 19.1 Å². The molecule has 0 saturated heterocycles. The first-order chi connectivity index (χ1) is 8.13. The second-order valence-corrected chi connectivity index (χ2v) is 4.43. The Bertz CT molecular complexity index is 557. The van der Waals surface area contributed by atoms with Crippen molar-refractivity contribution >= 4 is 46.0 Å². The van der Waals surface area contributed by atoms with Gasteiger partial charge in [-0.3, -0.25) is 0 Å². The van der Waals surface area contributed by atoms with Crippen LogP contribution in [-0.2, 0) is 4.79 Å². The largest absolute Gasteiger partial charge is 0.480 e. The molecule has 1 aromatic carbocycles. The van der Waals surface area contributed by atoms with E-state index in [1.807, 2.05) is 0 Å². The average Bonchev–Trinajstić information content (AvgIpc) is 2.75. The molecule has 1 atom stereocenters. The van der Waals surface area contributed by atoms with Gasteiger partial charge in [0.2, 0.25) is 0 Å². The van der Waals surface area contributed by atoms with E-state index >= 15 is 0 Å². The van der Waals surface area contributed by atoms with Gasteiger partial charge in [0, 0.05) is 0 Å². The molecule has 0 aliphatic heterocycles. The number of nitrogens with one attached hydrogen (secondary N) is 1. The number of carboxylic acid groups (broad SMARTS) is 1. The molecule has 0 amide bonds. The molecular formula is C10H10ClN3O2S. The third kappa shape index (κ3) is 2.32. The van der Waals surface area contributed by atoms with Crippen molar-refractivity contribution in [1.29, 1.82) is 0 Å². The summed E-state index contributed by atoms with van der Waals surface area (Å²) >= 11 is 7.12. The number of rotatable bonds is 4. The number of aromatic nitrogens is 2. The summed E-state index contributed by atoms with van der Waals surface area (Å²) in [4.78, 5) is 11.0. The minimum absolute atomic E-state index is 0.449. The summed E-state index contributed by atoms with van der Waals surface area (Å²) in [5.74, 6) is -0.913. The Morgan fingerprint density at radius 2 is 2.35 bits per heavy atom. The van der Waals surface area contributed by atoms with Crippen LogP contribution in [0, 0.1) is 0 Å². The highest BCUT2D eigenvalue weighted by Crippen LogP contribution is 2.30. The fourth-order valence-electron chi connectivity index (χ4n) is 1.48. The van der Waals surface area contributed by atoms with Gasteiger partial charge in [-0.1, -0.05) is 18.5 Å². The zero-order valence-electron chi connectivity index (χ0n) is 8.98. The van der Waals surface area contributed by atoms with Crippen molar-refractivity contribution in [3.05, 3.63) is 17.2 Å². The Balaban J connectivity index is 2.43. The Hall–Kier alpha value is -1.40. The van der Waals surface area contributed by atoms with E-state index in [-0.39, 0.29) is 0 Å². The van der Waals surface area contributed by atoms with Crippen molar-refractivity contribution < 1.29 is 9.90 Å². The van der Waals surface area contributed by atoms with E-state index < -0.39 is 12.0 Å². The predicted molar refractivity (Wildman–Crippen MR) is 67.8 cm³/mol. The molecule has 1 heterocycles. The van der Waals surface area contributed by atoms with Gasteiger partial charge in [0.1, 0.15) is 17.1 Å². The molecule has 2 aromatic rings. The Kier molecular flexibility index (Phi) is 3.44. The van der Waals surface area contributed by atoms with Crippen molar-refractivity contribution in [2.45, 2.75) is 19.4 Å². The van der Waals surface area contributed by atoms with Gasteiger partial charge in [-0.25, -0.2) is 4.79 Å². The van der Waals surface area contributed by atoms with Crippen LogP contribution in [0.3, 0.4) is 0 Å². The number of hydrogen-bond acceptors (Lipinski definition) is 5. The van der Waals surface area contributed by atoms with Crippen LogP contribution >= 0.6 is 23.3 Å². The lowest BCUT2D eigenvalue weighted by Crippen LogP contribution is -2.28. The summed E-state index contributed by atoms with van der Waals surface area (Å²) in [6.07, 6.45) is 0.458. The van der Waals surface area contributed by atoms with Gasteiger partial charge in [-0.2, -0.15) is 8.75 Å². The SMILES string of the molecule is CCC(Nc1c(Cl)ccc2nsnc12)C(=O)O. The zero-order valence-corrected chi connectivity index (χ0v) is 10.5. The highest BCUT2D eigenvalue weighted by atomic mass is 35.5. The van der Waals surface area contributed by atoms with Crippen LogP contribution in [0.15, 0.2) is 12.1 Å². The summed E-state index contributed by atoms with van der Waals surface area (Å²) in [6, 6.07) is 2.76. The number of carboxylic acids is 1. The van der Waals surface area contributed by atoms with Crippen LogP contribution in [-0.4, -0.2) is 25.9 Å². The Morgan fingerprint density at radius 3 is 3.00 bits per heavy atom. The molecule has 90 valence electrons. The minimum Gasteiger partial charge on any atom is -0.480 e. The number of halogens is 1. The molecule has 2 rings (SSSR count). The van der Waals surface area contributed by atoms with E-state index in [2.05, 4.69) is 14.1 Å². The lowest BCUT2D eigenvalue weighted by atomic mass is 10.2. The number of benzene rings is 1. The molecule has 7 heteroatoms. The van der Waals surface area contributed by atoms with Crippen molar-refractivity contribution in [2.75, 3.05) is 5.32 Å². The summed E-state index contributed by atoms with van der Waals surface area (Å²) in [6.45, 7) is 1.79. The van der Waals surface area contributed by atoms with Gasteiger partial charge >= 0.3 is 5.97 Å². The molecule has 5 nitrogen and oxygen atoms in total. The van der Waals surface area contributed by atoms with Crippen LogP contribution < -0.4 is 5.32 Å². The molecule has 0 spiro atoms. The van der Waals surface area contributed by atoms with Crippen LogP contribution in [0.5, 0.6) is 0 Å². The summed E-state index contributed by atoms with van der Waals surface area (Å²) in [5, 5.41) is 12.4. The van der Waals surface area contributed by atoms with Crippen molar-refractivity contribution in [3.63, 3.8) is 0 Å². The number of carbonyl (C=O) groups is 1. The molecule has 0 aliphatic rings. The maximum atomic E-state index is 11.0. The van der Waals surface area contributed by atoms with E-state index in [1.165, 1.54) is 0 Å². The first-order valence-electron chi connectivity index (χ1n) is 5.03. The maximum Gasteiger partial charge on any atom is 0.326 e. The monoisotopic (exact) mass is 271 g/mol. The lowest BCUT2D eigenvalue weighted by molar-refractivity contribution is -0.137. The second kappa shape index (κ2) is 4.85. The van der Waals surface area contributed by atoms with Gasteiger partial charge in [-0.15, -0.1) is 0 Å². The lowest BCUT2D eigenvalue weighted by Gasteiger charge is -2.14. The van der Waals surface area contributed by atoms with E-state index in [4.69, 9.17) is 16.7 Å². The van der Waals surface area contributed by atoms with Crippen molar-refractivity contribution in [3.8, 4) is 0 Å². The number of hydrogen-bond donors (Lipinski definition) is 2. The third-order valence-electron chi connectivity index (χ3n) is 2.40. The Labute approximate surface area is 107 Å². The fourth-order valence-corrected chi connectivity index (χ4v) is 2.23. The standard InChI is InChI=1S/C10H10ClN3O2S/c1-2-6(10(15)16)12-8-5(11)3-4-7-9(8)14-17-13-7/h3-4,6,12H,2H2,1H3,(H,15,16). The molecule has 17 heavy (non-hydrogen) atoms. The first-order valence-corrected chi connectivity index (χ1v) is 6.14. The second-order valence-electron chi connectivity index (χ2n) is 3.50. The van der Waals surface area contributed by atoms with Crippen LogP contribution in [0.4, 0.5) is 5.69 Å². The Morgan fingerprint density at radius 1 is 1.59 bits per heavy atom. The average molecular weight is 272 g/mol. The maximum absolute atomic E-state index is 11.0. The molecular weight excluding hydrogens is 262 g/mol. The van der Waals surface area contributed by atoms with Crippen LogP contribution in [0.1, 0.15) is 13.3 Å². The number of anilines is 1. The van der Waals surface area contributed by atoms with Crippen LogP contribution in [0.2, 0.25) is 5.02 Å². The molecule has 1 aromatic heterocycles. The number of fused-ring (bicyclic) bond motifs is 1.